The lowest BCUT2D eigenvalue weighted by Crippen LogP contribution is -2.31. The number of nitrogens with two attached hydrogens (primary N) is 1. The molecule has 0 aromatic rings. The zero-order valence-corrected chi connectivity index (χ0v) is 8.46. The van der Waals surface area contributed by atoms with Gasteiger partial charge in [0.15, 0.2) is 0 Å². The maximum Gasteiger partial charge on any atom is 0.0509 e. The predicted octanol–water partition coefficient (Wildman–Crippen LogP) is 0.999. The predicted molar refractivity (Wildman–Crippen MR) is 52.0 cm³/mol. The van der Waals surface area contributed by atoms with Crippen LogP contribution in [-0.4, -0.2) is 31.8 Å². The molecule has 1 atom stereocenters. The fraction of sp³-hybridized carbons (Fsp3) is 1.00. The van der Waals surface area contributed by atoms with Crippen molar-refractivity contribution in [1.82, 2.24) is 5.01 Å². The lowest BCUT2D eigenvalue weighted by atomic mass is 9.77. The first-order chi connectivity index (χ1) is 6.27. The van der Waals surface area contributed by atoms with Crippen LogP contribution in [0.25, 0.3) is 0 Å². The van der Waals surface area contributed by atoms with Crippen LogP contribution in [0.2, 0.25) is 0 Å². The zero-order valence-electron chi connectivity index (χ0n) is 8.46. The molecule has 2 N–H and O–H groups in total. The standard InChI is InChI=1S/C10H20N2O/c1-13-7-9-6-12(11)8-10(9)4-2-3-5-10/h9H,2-8,11H2,1H3. The summed E-state index contributed by atoms with van der Waals surface area (Å²) >= 11 is 0. The molecule has 3 nitrogen and oxygen atoms in total. The second kappa shape index (κ2) is 3.56. The molecule has 0 amide bonds. The number of hydrazine groups is 1. The fourth-order valence-corrected chi connectivity index (χ4v) is 3.15. The third kappa shape index (κ3) is 1.60. The Labute approximate surface area is 80.2 Å². The van der Waals surface area contributed by atoms with E-state index in [0.29, 0.717) is 11.3 Å². The molecule has 1 saturated heterocycles. The van der Waals surface area contributed by atoms with Crippen LogP contribution in [0.4, 0.5) is 0 Å². The Morgan fingerprint density at radius 1 is 1.46 bits per heavy atom. The quantitative estimate of drug-likeness (QED) is 0.651. The lowest BCUT2D eigenvalue weighted by Gasteiger charge is -2.29. The van der Waals surface area contributed by atoms with Gasteiger partial charge in [0.05, 0.1) is 6.61 Å². The van der Waals surface area contributed by atoms with E-state index in [1.165, 1.54) is 25.7 Å². The van der Waals surface area contributed by atoms with Crippen molar-refractivity contribution in [2.24, 2.45) is 17.2 Å². The molecule has 1 aliphatic carbocycles. The van der Waals surface area contributed by atoms with Crippen molar-refractivity contribution in [3.05, 3.63) is 0 Å². The van der Waals surface area contributed by atoms with Crippen LogP contribution in [0, 0.1) is 11.3 Å². The molecule has 0 bridgehead atoms. The minimum atomic E-state index is 0.505. The maximum atomic E-state index is 5.89. The van der Waals surface area contributed by atoms with E-state index in [1.54, 1.807) is 7.11 Å². The van der Waals surface area contributed by atoms with Crippen LogP contribution >= 0.6 is 0 Å². The van der Waals surface area contributed by atoms with Gasteiger partial charge in [0.1, 0.15) is 0 Å². The third-order valence-corrected chi connectivity index (χ3v) is 3.81. The first kappa shape index (κ1) is 9.44. The van der Waals surface area contributed by atoms with Gasteiger partial charge in [0.2, 0.25) is 0 Å². The van der Waals surface area contributed by atoms with Gasteiger partial charge in [-0.2, -0.15) is 0 Å². The highest BCUT2D eigenvalue weighted by atomic mass is 16.5. The molecule has 2 aliphatic rings. The highest BCUT2D eigenvalue weighted by Gasteiger charge is 2.46. The molecule has 1 unspecified atom stereocenters. The van der Waals surface area contributed by atoms with Crippen LogP contribution in [-0.2, 0) is 4.74 Å². The van der Waals surface area contributed by atoms with Gasteiger partial charge in [-0.1, -0.05) is 12.8 Å². The van der Waals surface area contributed by atoms with Crippen LogP contribution in [0.1, 0.15) is 25.7 Å². The number of nitrogens with zero attached hydrogens (tertiary/aromatic N) is 1. The lowest BCUT2D eigenvalue weighted by molar-refractivity contribution is 0.0968. The van der Waals surface area contributed by atoms with Gasteiger partial charge in [-0.3, -0.25) is 5.84 Å². The Balaban J connectivity index is 2.06. The number of hydrogen-bond acceptors (Lipinski definition) is 3. The monoisotopic (exact) mass is 184 g/mol. The molecule has 76 valence electrons. The normalized spacial score (nSPS) is 33.2. The molecule has 0 radical (unpaired) electrons. The molecule has 1 spiro atoms. The van der Waals surface area contributed by atoms with E-state index in [4.69, 9.17) is 10.6 Å². The maximum absolute atomic E-state index is 5.89. The van der Waals surface area contributed by atoms with E-state index in [0.717, 1.165) is 19.7 Å². The van der Waals surface area contributed by atoms with Crippen molar-refractivity contribution in [3.8, 4) is 0 Å². The van der Waals surface area contributed by atoms with Gasteiger partial charge in [0, 0.05) is 26.1 Å². The van der Waals surface area contributed by atoms with Crippen molar-refractivity contribution in [2.75, 3.05) is 26.8 Å². The number of hydrogen-bond donors (Lipinski definition) is 1. The molecule has 3 heteroatoms. The Morgan fingerprint density at radius 2 is 2.15 bits per heavy atom. The second-order valence-corrected chi connectivity index (χ2v) is 4.65. The first-order valence-electron chi connectivity index (χ1n) is 5.25. The van der Waals surface area contributed by atoms with Crippen LogP contribution in [0.3, 0.4) is 0 Å². The van der Waals surface area contributed by atoms with Gasteiger partial charge in [-0.15, -0.1) is 0 Å². The van der Waals surface area contributed by atoms with Gasteiger partial charge in [-0.25, -0.2) is 5.01 Å². The summed E-state index contributed by atoms with van der Waals surface area (Å²) in [6.45, 7) is 2.99. The Kier molecular flexibility index (Phi) is 2.58. The molecule has 1 saturated carbocycles. The molecule has 13 heavy (non-hydrogen) atoms. The van der Waals surface area contributed by atoms with E-state index >= 15 is 0 Å². The summed E-state index contributed by atoms with van der Waals surface area (Å²) in [5.41, 5.74) is 0.505. The van der Waals surface area contributed by atoms with Crippen molar-refractivity contribution >= 4 is 0 Å². The second-order valence-electron chi connectivity index (χ2n) is 4.65. The third-order valence-electron chi connectivity index (χ3n) is 3.81. The zero-order chi connectivity index (χ0) is 9.31. The first-order valence-corrected chi connectivity index (χ1v) is 5.25. The van der Waals surface area contributed by atoms with Crippen LogP contribution in [0.5, 0.6) is 0 Å². The molecule has 2 rings (SSSR count). The minimum Gasteiger partial charge on any atom is -0.384 e. The van der Waals surface area contributed by atoms with Crippen molar-refractivity contribution < 1.29 is 4.74 Å². The molecule has 1 aliphatic heterocycles. The number of methoxy groups -OCH3 is 1. The highest BCUT2D eigenvalue weighted by Crippen LogP contribution is 2.48. The van der Waals surface area contributed by atoms with E-state index < -0.39 is 0 Å². The molecular formula is C10H20N2O. The summed E-state index contributed by atoms with van der Waals surface area (Å²) in [6, 6.07) is 0. The van der Waals surface area contributed by atoms with E-state index in [1.807, 2.05) is 5.01 Å². The summed E-state index contributed by atoms with van der Waals surface area (Å²) in [6.07, 6.45) is 5.48. The SMILES string of the molecule is COCC1CN(N)CC12CCCC2. The molecule has 2 fully saturated rings. The Morgan fingerprint density at radius 3 is 2.77 bits per heavy atom. The fourth-order valence-electron chi connectivity index (χ4n) is 3.15. The van der Waals surface area contributed by atoms with Gasteiger partial charge in [-0.05, 0) is 18.3 Å². The molecule has 1 heterocycles. The van der Waals surface area contributed by atoms with E-state index in [2.05, 4.69) is 0 Å². The minimum absolute atomic E-state index is 0.505. The summed E-state index contributed by atoms with van der Waals surface area (Å²) < 4.78 is 5.28. The summed E-state index contributed by atoms with van der Waals surface area (Å²) in [5, 5.41) is 1.98. The molecule has 0 aromatic heterocycles. The average molecular weight is 184 g/mol. The Hall–Kier alpha value is -0.120. The summed E-state index contributed by atoms with van der Waals surface area (Å²) in [4.78, 5) is 0. The topological polar surface area (TPSA) is 38.5 Å². The van der Waals surface area contributed by atoms with Crippen molar-refractivity contribution in [3.63, 3.8) is 0 Å². The smallest absolute Gasteiger partial charge is 0.0509 e. The van der Waals surface area contributed by atoms with Gasteiger partial charge >= 0.3 is 0 Å². The van der Waals surface area contributed by atoms with Gasteiger partial charge < -0.3 is 4.74 Å². The summed E-state index contributed by atoms with van der Waals surface area (Å²) in [7, 11) is 1.79. The Bertz CT molecular complexity index is 178. The van der Waals surface area contributed by atoms with Crippen LogP contribution < -0.4 is 5.84 Å². The molecular weight excluding hydrogens is 164 g/mol. The molecule has 0 aromatic carbocycles. The number of ether oxygens (including phenoxy) is 1. The highest BCUT2D eigenvalue weighted by molar-refractivity contribution is 4.97. The van der Waals surface area contributed by atoms with Gasteiger partial charge in [0.25, 0.3) is 0 Å². The van der Waals surface area contributed by atoms with Crippen molar-refractivity contribution in [2.45, 2.75) is 25.7 Å². The van der Waals surface area contributed by atoms with Crippen LogP contribution in [0.15, 0.2) is 0 Å². The summed E-state index contributed by atoms with van der Waals surface area (Å²) in [5.74, 6) is 6.56. The largest absolute Gasteiger partial charge is 0.384 e. The van der Waals surface area contributed by atoms with E-state index in [-0.39, 0.29) is 0 Å². The van der Waals surface area contributed by atoms with Crippen molar-refractivity contribution in [1.29, 1.82) is 0 Å². The average Bonchev–Trinajstić information content (AvgIpc) is 2.63. The number of rotatable bonds is 2. The van der Waals surface area contributed by atoms with E-state index in [9.17, 15) is 0 Å².